The summed E-state index contributed by atoms with van der Waals surface area (Å²) in [6.07, 6.45) is 0. The summed E-state index contributed by atoms with van der Waals surface area (Å²) in [6, 6.07) is 19.8. The van der Waals surface area contributed by atoms with Gasteiger partial charge in [-0.1, -0.05) is 42.5 Å². The first-order valence-electron chi connectivity index (χ1n) is 8.39. The van der Waals surface area contributed by atoms with E-state index in [-0.39, 0.29) is 18.3 Å². The van der Waals surface area contributed by atoms with Crippen molar-refractivity contribution < 1.29 is 13.9 Å². The van der Waals surface area contributed by atoms with Crippen molar-refractivity contribution in [3.05, 3.63) is 83.8 Å². The predicted octanol–water partition coefficient (Wildman–Crippen LogP) is 3.81. The van der Waals surface area contributed by atoms with Crippen LogP contribution in [0.15, 0.2) is 66.7 Å². The maximum atomic E-state index is 13.1. The summed E-state index contributed by atoms with van der Waals surface area (Å²) in [5, 5.41) is 0. The highest BCUT2D eigenvalue weighted by Gasteiger charge is 2.23. The van der Waals surface area contributed by atoms with Crippen molar-refractivity contribution in [3.8, 4) is 17.0 Å². The fourth-order valence-electron chi connectivity index (χ4n) is 2.96. The lowest BCUT2D eigenvalue weighted by molar-refractivity contribution is -0.133. The molecule has 0 saturated carbocycles. The monoisotopic (exact) mass is 348 g/mol. The van der Waals surface area contributed by atoms with E-state index in [0.29, 0.717) is 18.8 Å². The number of halogens is 1. The Morgan fingerprint density at radius 3 is 2.54 bits per heavy atom. The van der Waals surface area contributed by atoms with Gasteiger partial charge >= 0.3 is 0 Å². The number of benzene rings is 2. The predicted molar refractivity (Wildman–Crippen MR) is 95.8 cm³/mol. The van der Waals surface area contributed by atoms with E-state index in [9.17, 15) is 9.18 Å². The van der Waals surface area contributed by atoms with Crippen LogP contribution in [0.25, 0.3) is 11.3 Å². The third kappa shape index (κ3) is 3.42. The van der Waals surface area contributed by atoms with Crippen molar-refractivity contribution >= 4 is 5.91 Å². The topological polar surface area (TPSA) is 42.4 Å². The lowest BCUT2D eigenvalue weighted by Gasteiger charge is -2.19. The summed E-state index contributed by atoms with van der Waals surface area (Å²) in [5.74, 6) is 0.215. The largest absolute Gasteiger partial charge is 0.482 e. The van der Waals surface area contributed by atoms with Crippen molar-refractivity contribution in [2.24, 2.45) is 0 Å². The number of carbonyl (C=O) groups is 1. The number of nitrogens with zero attached hydrogens (tertiary/aromatic N) is 2. The van der Waals surface area contributed by atoms with Gasteiger partial charge in [0.05, 0.1) is 12.2 Å². The smallest absolute Gasteiger partial charge is 0.261 e. The molecule has 1 amide bonds. The van der Waals surface area contributed by atoms with Crippen molar-refractivity contribution in [1.29, 1.82) is 0 Å². The highest BCUT2D eigenvalue weighted by atomic mass is 19.1. The second kappa shape index (κ2) is 6.96. The van der Waals surface area contributed by atoms with Crippen LogP contribution < -0.4 is 4.74 Å². The fraction of sp³-hybridized carbons (Fsp3) is 0.143. The summed E-state index contributed by atoms with van der Waals surface area (Å²) in [6.45, 7) is 0.714. The first-order valence-corrected chi connectivity index (χ1v) is 8.39. The summed E-state index contributed by atoms with van der Waals surface area (Å²) in [4.78, 5) is 18.8. The minimum atomic E-state index is -0.293. The number of amides is 1. The molecule has 3 aromatic rings. The second-order valence-corrected chi connectivity index (χ2v) is 6.17. The molecule has 4 nitrogen and oxygen atoms in total. The standard InChI is InChI=1S/C21H17FN2O2/c22-17-8-6-15(7-9-17)12-24-13-19-20(26-14-21(24)25)11-10-18(23-19)16-4-2-1-3-5-16/h1-11H,12-14H2. The van der Waals surface area contributed by atoms with Gasteiger partial charge in [0.25, 0.3) is 5.91 Å². The minimum absolute atomic E-state index is 0.0272. The van der Waals surface area contributed by atoms with Gasteiger partial charge in [0.2, 0.25) is 0 Å². The molecule has 0 radical (unpaired) electrons. The Balaban J connectivity index is 1.62. The normalized spacial score (nSPS) is 13.7. The van der Waals surface area contributed by atoms with Crippen molar-refractivity contribution in [2.45, 2.75) is 13.1 Å². The van der Waals surface area contributed by atoms with Gasteiger partial charge in [0, 0.05) is 12.1 Å². The summed E-state index contributed by atoms with van der Waals surface area (Å²) >= 11 is 0. The Labute approximate surface area is 150 Å². The number of pyridine rings is 1. The molecule has 0 aliphatic carbocycles. The Morgan fingerprint density at radius 2 is 1.77 bits per heavy atom. The molecule has 0 bridgehead atoms. The number of carbonyl (C=O) groups excluding carboxylic acids is 1. The molecule has 130 valence electrons. The third-order valence-corrected chi connectivity index (χ3v) is 4.33. The van der Waals surface area contributed by atoms with Crippen molar-refractivity contribution in [2.75, 3.05) is 6.61 Å². The zero-order valence-corrected chi connectivity index (χ0v) is 14.1. The lowest BCUT2D eigenvalue weighted by Crippen LogP contribution is -2.32. The van der Waals surface area contributed by atoms with Crippen LogP contribution in [0.1, 0.15) is 11.3 Å². The number of hydrogen-bond acceptors (Lipinski definition) is 3. The number of aromatic nitrogens is 1. The van der Waals surface area contributed by atoms with Crippen LogP contribution in [0.3, 0.4) is 0 Å². The van der Waals surface area contributed by atoms with Crippen molar-refractivity contribution in [3.63, 3.8) is 0 Å². The zero-order valence-electron chi connectivity index (χ0n) is 14.1. The van der Waals surface area contributed by atoms with E-state index in [1.54, 1.807) is 17.0 Å². The molecular weight excluding hydrogens is 331 g/mol. The molecule has 1 aromatic heterocycles. The summed E-state index contributed by atoms with van der Waals surface area (Å²) in [7, 11) is 0. The molecule has 2 heterocycles. The Hall–Kier alpha value is -3.21. The maximum Gasteiger partial charge on any atom is 0.261 e. The molecule has 0 saturated heterocycles. The number of hydrogen-bond donors (Lipinski definition) is 0. The molecular formula is C21H17FN2O2. The van der Waals surface area contributed by atoms with Crippen LogP contribution in [0.2, 0.25) is 0 Å². The Morgan fingerprint density at radius 1 is 1.00 bits per heavy atom. The van der Waals surface area contributed by atoms with E-state index in [1.807, 2.05) is 42.5 Å². The molecule has 2 aromatic carbocycles. The maximum absolute atomic E-state index is 13.1. The van der Waals surface area contributed by atoms with Gasteiger partial charge in [-0.15, -0.1) is 0 Å². The minimum Gasteiger partial charge on any atom is -0.482 e. The second-order valence-electron chi connectivity index (χ2n) is 6.17. The van der Waals surface area contributed by atoms with Crippen LogP contribution >= 0.6 is 0 Å². The number of fused-ring (bicyclic) bond motifs is 1. The quantitative estimate of drug-likeness (QED) is 0.723. The Bertz CT molecular complexity index is 927. The molecule has 0 atom stereocenters. The molecule has 5 heteroatoms. The molecule has 0 fully saturated rings. The summed E-state index contributed by atoms with van der Waals surface area (Å²) in [5.41, 5.74) is 3.43. The molecule has 0 spiro atoms. The molecule has 1 aliphatic heterocycles. The fourth-order valence-corrected chi connectivity index (χ4v) is 2.96. The van der Waals surface area contributed by atoms with Crippen LogP contribution in [-0.4, -0.2) is 22.4 Å². The van der Waals surface area contributed by atoms with Crippen LogP contribution in [0.5, 0.6) is 5.75 Å². The van der Waals surface area contributed by atoms with E-state index in [1.165, 1.54) is 12.1 Å². The molecule has 26 heavy (non-hydrogen) atoms. The van der Waals surface area contributed by atoms with Crippen LogP contribution in [-0.2, 0) is 17.9 Å². The molecule has 0 N–H and O–H groups in total. The van der Waals surface area contributed by atoms with Crippen LogP contribution in [0, 0.1) is 5.82 Å². The first-order chi connectivity index (χ1) is 12.7. The lowest BCUT2D eigenvalue weighted by atomic mass is 10.1. The highest BCUT2D eigenvalue weighted by molar-refractivity contribution is 5.78. The van der Waals surface area contributed by atoms with Crippen LogP contribution in [0.4, 0.5) is 4.39 Å². The Kier molecular flexibility index (Phi) is 4.35. The highest BCUT2D eigenvalue weighted by Crippen LogP contribution is 2.27. The zero-order chi connectivity index (χ0) is 17.9. The van der Waals surface area contributed by atoms with E-state index in [0.717, 1.165) is 22.5 Å². The van der Waals surface area contributed by atoms with E-state index in [4.69, 9.17) is 9.72 Å². The molecule has 4 rings (SSSR count). The average Bonchev–Trinajstić information content (AvgIpc) is 2.83. The third-order valence-electron chi connectivity index (χ3n) is 4.33. The van der Waals surface area contributed by atoms with E-state index < -0.39 is 0 Å². The average molecular weight is 348 g/mol. The van der Waals surface area contributed by atoms with E-state index in [2.05, 4.69) is 0 Å². The van der Waals surface area contributed by atoms with E-state index >= 15 is 0 Å². The first kappa shape index (κ1) is 16.3. The van der Waals surface area contributed by atoms with Crippen molar-refractivity contribution in [1.82, 2.24) is 9.88 Å². The number of ether oxygens (including phenoxy) is 1. The number of rotatable bonds is 3. The SMILES string of the molecule is O=C1COc2ccc(-c3ccccc3)nc2CN1Cc1ccc(F)cc1. The van der Waals surface area contributed by atoms with Gasteiger partial charge < -0.3 is 9.64 Å². The summed E-state index contributed by atoms with van der Waals surface area (Å²) < 4.78 is 18.7. The van der Waals surface area contributed by atoms with Gasteiger partial charge in [0.15, 0.2) is 6.61 Å². The van der Waals surface area contributed by atoms with Gasteiger partial charge in [-0.05, 0) is 29.8 Å². The molecule has 0 unspecified atom stereocenters. The molecule has 1 aliphatic rings. The van der Waals surface area contributed by atoms with Gasteiger partial charge in [-0.3, -0.25) is 4.79 Å². The van der Waals surface area contributed by atoms with Gasteiger partial charge in [-0.2, -0.15) is 0 Å². The van der Waals surface area contributed by atoms with Gasteiger partial charge in [-0.25, -0.2) is 9.37 Å². The van der Waals surface area contributed by atoms with Gasteiger partial charge in [0.1, 0.15) is 17.3 Å².